The second-order valence-corrected chi connectivity index (χ2v) is 2.89. The fraction of sp³-hybridized carbons (Fsp3) is 0.444. The molecule has 0 atom stereocenters. The van der Waals surface area contributed by atoms with Gasteiger partial charge in [-0.1, -0.05) is 13.5 Å². The Labute approximate surface area is 73.3 Å². The molecule has 1 aliphatic rings. The lowest BCUT2D eigenvalue weighted by molar-refractivity contribution is 0.608. The Hall–Kier alpha value is -1.25. The van der Waals surface area contributed by atoms with Crippen LogP contribution < -0.4 is 5.73 Å². The maximum absolute atomic E-state index is 5.66. The van der Waals surface area contributed by atoms with Gasteiger partial charge >= 0.3 is 0 Å². The third-order valence-corrected chi connectivity index (χ3v) is 2.17. The molecular weight excluding hydrogens is 150 g/mol. The molecule has 1 heterocycles. The highest BCUT2D eigenvalue weighted by atomic mass is 15.3. The Morgan fingerprint density at radius 1 is 1.58 bits per heavy atom. The summed E-state index contributed by atoms with van der Waals surface area (Å²) in [4.78, 5) is 6.02. The van der Waals surface area contributed by atoms with Gasteiger partial charge in [-0.15, -0.1) is 0 Å². The largest absolute Gasteiger partial charge is 0.369 e. The third-order valence-electron chi connectivity index (χ3n) is 2.17. The van der Waals surface area contributed by atoms with Crippen LogP contribution >= 0.6 is 0 Å². The van der Waals surface area contributed by atoms with E-state index in [0.29, 0.717) is 5.96 Å². The van der Waals surface area contributed by atoms with Crippen molar-refractivity contribution in [2.45, 2.75) is 20.3 Å². The molecule has 0 aromatic heterocycles. The van der Waals surface area contributed by atoms with Crippen LogP contribution in [0.25, 0.3) is 0 Å². The third kappa shape index (κ3) is 1.22. The molecule has 0 spiro atoms. The number of guanidine groups is 1. The zero-order chi connectivity index (χ0) is 9.30. The van der Waals surface area contributed by atoms with Gasteiger partial charge in [0.2, 0.25) is 0 Å². The van der Waals surface area contributed by atoms with Crippen molar-refractivity contribution in [3.8, 4) is 0 Å². The van der Waals surface area contributed by atoms with Gasteiger partial charge in [0.15, 0.2) is 5.96 Å². The van der Waals surface area contributed by atoms with Gasteiger partial charge in [-0.3, -0.25) is 0 Å². The molecule has 0 fully saturated rings. The van der Waals surface area contributed by atoms with E-state index < -0.39 is 0 Å². The zero-order valence-corrected chi connectivity index (χ0v) is 7.89. The van der Waals surface area contributed by atoms with Crippen LogP contribution in [0.4, 0.5) is 0 Å². The van der Waals surface area contributed by atoms with Crippen molar-refractivity contribution in [1.29, 1.82) is 0 Å². The molecule has 3 heteroatoms. The smallest absolute Gasteiger partial charge is 0.200 e. The number of allylic oxidation sites excluding steroid dienone is 2. The molecule has 0 saturated carbocycles. The van der Waals surface area contributed by atoms with Gasteiger partial charge in [0.25, 0.3) is 0 Å². The quantitative estimate of drug-likeness (QED) is 0.639. The fourth-order valence-corrected chi connectivity index (χ4v) is 1.32. The Morgan fingerprint density at radius 3 is 2.67 bits per heavy atom. The van der Waals surface area contributed by atoms with Gasteiger partial charge < -0.3 is 10.6 Å². The minimum atomic E-state index is 0.523. The molecule has 1 rings (SSSR count). The van der Waals surface area contributed by atoms with Crippen LogP contribution in [0.5, 0.6) is 0 Å². The second kappa shape index (κ2) is 3.01. The molecule has 0 unspecified atom stereocenters. The Balaban J connectivity index is 3.11. The highest BCUT2D eigenvalue weighted by Crippen LogP contribution is 2.23. The average molecular weight is 165 g/mol. The first-order valence-corrected chi connectivity index (χ1v) is 4.04. The number of rotatable bonds is 1. The van der Waals surface area contributed by atoms with E-state index in [9.17, 15) is 0 Å². The van der Waals surface area contributed by atoms with Gasteiger partial charge in [0.05, 0.1) is 0 Å². The maximum Gasteiger partial charge on any atom is 0.200 e. The molecule has 0 aliphatic carbocycles. The summed E-state index contributed by atoms with van der Waals surface area (Å²) < 4.78 is 0. The molecule has 2 N–H and O–H groups in total. The van der Waals surface area contributed by atoms with Gasteiger partial charge in [0, 0.05) is 18.4 Å². The van der Waals surface area contributed by atoms with Gasteiger partial charge in [-0.05, 0) is 18.9 Å². The first-order valence-electron chi connectivity index (χ1n) is 4.04. The van der Waals surface area contributed by atoms with Crippen molar-refractivity contribution in [3.63, 3.8) is 0 Å². The molecule has 66 valence electrons. The van der Waals surface area contributed by atoms with E-state index in [0.717, 1.165) is 17.8 Å². The molecule has 0 amide bonds. The van der Waals surface area contributed by atoms with Crippen molar-refractivity contribution in [1.82, 2.24) is 4.90 Å². The standard InChI is InChI=1S/C9H15N3/c1-5-8-6(2)11-9(10)12(4)7(8)3/h3,5H2,1-2,4H3,(H2,10,11). The number of nitrogens with two attached hydrogens (primary N) is 1. The lowest BCUT2D eigenvalue weighted by Gasteiger charge is -2.27. The van der Waals surface area contributed by atoms with Crippen molar-refractivity contribution in [2.75, 3.05) is 7.05 Å². The SMILES string of the molecule is C=C1C(CC)=C(C)N=C(N)N1C. The topological polar surface area (TPSA) is 41.6 Å². The van der Waals surface area contributed by atoms with Crippen LogP contribution in [-0.4, -0.2) is 17.9 Å². The molecular formula is C9H15N3. The van der Waals surface area contributed by atoms with Crippen LogP contribution in [0.2, 0.25) is 0 Å². The van der Waals surface area contributed by atoms with Crippen molar-refractivity contribution in [2.24, 2.45) is 10.7 Å². The second-order valence-electron chi connectivity index (χ2n) is 2.89. The molecule has 1 aliphatic heterocycles. The summed E-state index contributed by atoms with van der Waals surface area (Å²) >= 11 is 0. The van der Waals surface area contributed by atoms with Crippen molar-refractivity contribution < 1.29 is 0 Å². The van der Waals surface area contributed by atoms with Gasteiger partial charge in [-0.2, -0.15) is 0 Å². The number of likely N-dealkylation sites (N-methyl/N-ethyl adjacent to an activating group) is 1. The Bertz CT molecular complexity index is 273. The zero-order valence-electron chi connectivity index (χ0n) is 7.89. The van der Waals surface area contributed by atoms with Crippen LogP contribution in [0.3, 0.4) is 0 Å². The van der Waals surface area contributed by atoms with Crippen LogP contribution in [0.1, 0.15) is 20.3 Å². The minimum absolute atomic E-state index is 0.523. The average Bonchev–Trinajstić information content (AvgIpc) is 2.01. The predicted octanol–water partition coefficient (Wildman–Crippen LogP) is 1.44. The highest BCUT2D eigenvalue weighted by Gasteiger charge is 2.16. The van der Waals surface area contributed by atoms with Gasteiger partial charge in [-0.25, -0.2) is 4.99 Å². The summed E-state index contributed by atoms with van der Waals surface area (Å²) in [7, 11) is 1.88. The van der Waals surface area contributed by atoms with Crippen molar-refractivity contribution >= 4 is 5.96 Å². The molecule has 0 bridgehead atoms. The van der Waals surface area contributed by atoms with Crippen LogP contribution in [0, 0.1) is 0 Å². The van der Waals surface area contributed by atoms with Crippen LogP contribution in [0.15, 0.2) is 28.5 Å². The summed E-state index contributed by atoms with van der Waals surface area (Å²) in [5.41, 5.74) is 8.79. The molecule has 0 radical (unpaired) electrons. The normalized spacial score (nSPS) is 18.4. The summed E-state index contributed by atoms with van der Waals surface area (Å²) in [5.74, 6) is 0.523. The van der Waals surface area contributed by atoms with Gasteiger partial charge in [0.1, 0.15) is 0 Å². The lowest BCUT2D eigenvalue weighted by Crippen LogP contribution is -2.36. The van der Waals surface area contributed by atoms with E-state index in [1.807, 2.05) is 18.9 Å². The number of aliphatic imine (C=N–C) groups is 1. The lowest BCUT2D eigenvalue weighted by atomic mass is 10.1. The van der Waals surface area contributed by atoms with E-state index >= 15 is 0 Å². The molecule has 3 nitrogen and oxygen atoms in total. The van der Waals surface area contributed by atoms with E-state index in [1.54, 1.807) is 0 Å². The van der Waals surface area contributed by atoms with E-state index in [4.69, 9.17) is 5.73 Å². The fourth-order valence-electron chi connectivity index (χ4n) is 1.32. The maximum atomic E-state index is 5.66. The van der Waals surface area contributed by atoms with Crippen LogP contribution in [-0.2, 0) is 0 Å². The molecule has 0 saturated heterocycles. The number of nitrogens with zero attached hydrogens (tertiary/aromatic N) is 2. The Kier molecular flexibility index (Phi) is 2.22. The summed E-state index contributed by atoms with van der Waals surface area (Å²) in [6.07, 6.45) is 0.950. The highest BCUT2D eigenvalue weighted by molar-refractivity contribution is 5.83. The summed E-state index contributed by atoms with van der Waals surface area (Å²) in [5, 5.41) is 0. The Morgan fingerprint density at radius 2 is 2.17 bits per heavy atom. The number of hydrogen-bond donors (Lipinski definition) is 1. The monoisotopic (exact) mass is 165 g/mol. The number of hydrogen-bond acceptors (Lipinski definition) is 3. The predicted molar refractivity (Wildman–Crippen MR) is 51.5 cm³/mol. The van der Waals surface area contributed by atoms with Crippen molar-refractivity contribution in [3.05, 3.63) is 23.5 Å². The molecule has 0 aromatic carbocycles. The van der Waals surface area contributed by atoms with E-state index in [2.05, 4.69) is 18.5 Å². The summed E-state index contributed by atoms with van der Waals surface area (Å²) in [6, 6.07) is 0. The molecule has 12 heavy (non-hydrogen) atoms. The minimum Gasteiger partial charge on any atom is -0.369 e. The first kappa shape index (κ1) is 8.84. The van der Waals surface area contributed by atoms with E-state index in [-0.39, 0.29) is 0 Å². The summed E-state index contributed by atoms with van der Waals surface area (Å²) in [6.45, 7) is 8.01. The molecule has 0 aromatic rings. The van der Waals surface area contributed by atoms with E-state index in [1.165, 1.54) is 5.57 Å². The first-order chi connectivity index (χ1) is 5.57.